The average molecular weight is 504 g/mol. The summed E-state index contributed by atoms with van der Waals surface area (Å²) in [4.78, 5) is 56.4. The zero-order valence-electron chi connectivity index (χ0n) is 21.2. The lowest BCUT2D eigenvalue weighted by Crippen LogP contribution is -2.57. The number of hydrogen-bond acceptors (Lipinski definition) is 7. The van der Waals surface area contributed by atoms with Crippen molar-refractivity contribution in [1.82, 2.24) is 15.1 Å². The predicted molar refractivity (Wildman–Crippen MR) is 129 cm³/mol. The van der Waals surface area contributed by atoms with Gasteiger partial charge in [-0.25, -0.2) is 0 Å². The van der Waals surface area contributed by atoms with E-state index in [0.717, 1.165) is 12.8 Å². The molecule has 4 heterocycles. The maximum atomic E-state index is 14.2. The maximum absolute atomic E-state index is 14.2. The van der Waals surface area contributed by atoms with Gasteiger partial charge in [-0.05, 0) is 26.7 Å². The quantitative estimate of drug-likeness (QED) is 0.414. The monoisotopic (exact) mass is 503 g/mol. The molecule has 36 heavy (non-hydrogen) atoms. The van der Waals surface area contributed by atoms with Gasteiger partial charge < -0.3 is 29.7 Å². The Bertz CT molecular complexity index is 950. The van der Waals surface area contributed by atoms with E-state index in [9.17, 15) is 24.3 Å². The number of aliphatic hydroxyl groups excluding tert-OH is 1. The molecule has 4 aliphatic heterocycles. The van der Waals surface area contributed by atoms with Gasteiger partial charge in [-0.1, -0.05) is 37.6 Å². The topological polar surface area (TPSA) is 125 Å². The number of aliphatic hydroxyl groups is 1. The number of fused-ring (bicyclic) bond motifs is 2. The molecule has 5 bridgehead atoms. The van der Waals surface area contributed by atoms with Crippen LogP contribution in [0.4, 0.5) is 0 Å². The number of nitrogens with zero attached hydrogens (tertiary/aromatic N) is 2. The summed E-state index contributed by atoms with van der Waals surface area (Å²) in [7, 11) is 0. The highest BCUT2D eigenvalue weighted by molar-refractivity contribution is 5.99. The number of esters is 1. The molecule has 4 aliphatic rings. The van der Waals surface area contributed by atoms with Crippen molar-refractivity contribution in [1.29, 1.82) is 0 Å². The van der Waals surface area contributed by atoms with E-state index in [1.54, 1.807) is 24.0 Å². The average Bonchev–Trinajstić information content (AvgIpc) is 3.47. The molecule has 1 unspecified atom stereocenters. The second-order valence-electron chi connectivity index (χ2n) is 10.1. The number of carbonyl (C=O) groups excluding carboxylic acids is 4. The summed E-state index contributed by atoms with van der Waals surface area (Å²) in [6.07, 6.45) is 8.38. The summed E-state index contributed by atoms with van der Waals surface area (Å²) in [6, 6.07) is -1.10. The van der Waals surface area contributed by atoms with E-state index < -0.39 is 47.6 Å². The number of cyclic esters (lactones) is 1. The van der Waals surface area contributed by atoms with E-state index in [4.69, 9.17) is 9.47 Å². The van der Waals surface area contributed by atoms with E-state index in [2.05, 4.69) is 5.32 Å². The Morgan fingerprint density at radius 1 is 1.22 bits per heavy atom. The number of hydrogen-bond donors (Lipinski definition) is 2. The SMILES string of the molecule is CCCC(C)N1C/C=C\CCC(=O)NC[C@H](C)OC(=O)[C@@H]2[C@H]3C(=O)N(CCO)[C@H](C1=O)[C@]31C=C[C@H]2O1. The summed E-state index contributed by atoms with van der Waals surface area (Å²) >= 11 is 0. The lowest BCUT2D eigenvalue weighted by atomic mass is 9.74. The number of carbonyl (C=O) groups is 4. The molecule has 0 saturated carbocycles. The van der Waals surface area contributed by atoms with Crippen LogP contribution in [-0.2, 0) is 28.7 Å². The second kappa shape index (κ2) is 10.7. The van der Waals surface area contributed by atoms with Gasteiger partial charge in [0.2, 0.25) is 17.7 Å². The normalized spacial score (nSPS) is 36.6. The molecular weight excluding hydrogens is 466 g/mol. The molecule has 198 valence electrons. The Kier molecular flexibility index (Phi) is 7.85. The van der Waals surface area contributed by atoms with Crippen molar-refractivity contribution in [3.63, 3.8) is 0 Å². The molecule has 0 aromatic carbocycles. The number of nitrogens with one attached hydrogen (secondary N) is 1. The molecule has 2 saturated heterocycles. The Hall–Kier alpha value is -2.72. The van der Waals surface area contributed by atoms with Crippen molar-refractivity contribution >= 4 is 23.7 Å². The highest BCUT2D eigenvalue weighted by Gasteiger charge is 2.73. The van der Waals surface area contributed by atoms with Gasteiger partial charge >= 0.3 is 5.97 Å². The molecule has 10 nitrogen and oxygen atoms in total. The number of amides is 3. The first-order chi connectivity index (χ1) is 17.2. The Balaban J connectivity index is 1.75. The van der Waals surface area contributed by atoms with Crippen LogP contribution in [0.1, 0.15) is 46.5 Å². The van der Waals surface area contributed by atoms with Crippen LogP contribution in [0.2, 0.25) is 0 Å². The third-order valence-electron chi connectivity index (χ3n) is 7.65. The summed E-state index contributed by atoms with van der Waals surface area (Å²) in [5.74, 6) is -3.24. The van der Waals surface area contributed by atoms with Crippen molar-refractivity contribution in [2.45, 2.75) is 76.3 Å². The zero-order chi connectivity index (χ0) is 26.0. The van der Waals surface area contributed by atoms with Crippen molar-refractivity contribution in [2.75, 3.05) is 26.2 Å². The van der Waals surface area contributed by atoms with Crippen molar-refractivity contribution in [2.24, 2.45) is 11.8 Å². The first kappa shape index (κ1) is 26.3. The van der Waals surface area contributed by atoms with Gasteiger partial charge in [0.25, 0.3) is 0 Å². The van der Waals surface area contributed by atoms with E-state index in [-0.39, 0.29) is 44.0 Å². The first-order valence-electron chi connectivity index (χ1n) is 13.0. The van der Waals surface area contributed by atoms with Crippen LogP contribution in [0.5, 0.6) is 0 Å². The number of likely N-dealkylation sites (tertiary alicyclic amines) is 1. The molecule has 4 rings (SSSR count). The summed E-state index contributed by atoms with van der Waals surface area (Å²) in [5.41, 5.74) is -1.29. The van der Waals surface area contributed by atoms with E-state index in [1.807, 2.05) is 26.0 Å². The number of allylic oxidation sites excluding steroid dienone is 1. The third-order valence-corrected chi connectivity index (χ3v) is 7.65. The molecule has 7 atom stereocenters. The fourth-order valence-corrected chi connectivity index (χ4v) is 5.97. The standard InChI is InChI=1S/C26H37N3O7/c1-4-8-16(2)28-12-7-5-6-9-19(31)27-15-17(3)35-25(34)20-18-10-11-26(36-18)21(20)23(32)29(13-14-30)22(26)24(28)33/h5,7,10-11,16-18,20-22,30H,4,6,8-9,12-15H2,1-3H3,(H,27,31)/b7-5-/t16?,17-,18+,20-,21-,22+,26-/m0/s1. The van der Waals surface area contributed by atoms with E-state index >= 15 is 0 Å². The van der Waals surface area contributed by atoms with Crippen LogP contribution in [0, 0.1) is 11.8 Å². The van der Waals surface area contributed by atoms with Crippen LogP contribution in [0.3, 0.4) is 0 Å². The van der Waals surface area contributed by atoms with Gasteiger partial charge in [-0.15, -0.1) is 0 Å². The van der Waals surface area contributed by atoms with Crippen molar-refractivity contribution in [3.05, 3.63) is 24.3 Å². The van der Waals surface area contributed by atoms with Gasteiger partial charge in [0.15, 0.2) is 0 Å². The molecule has 0 aliphatic carbocycles. The fourth-order valence-electron chi connectivity index (χ4n) is 5.97. The molecule has 0 radical (unpaired) electrons. The first-order valence-corrected chi connectivity index (χ1v) is 13.0. The van der Waals surface area contributed by atoms with Crippen LogP contribution < -0.4 is 5.32 Å². The Labute approximate surface area is 211 Å². The van der Waals surface area contributed by atoms with E-state index in [1.165, 1.54) is 4.90 Å². The molecule has 3 amide bonds. The molecule has 1 spiro atoms. The largest absolute Gasteiger partial charge is 0.460 e. The lowest BCUT2D eigenvalue weighted by Gasteiger charge is -2.38. The van der Waals surface area contributed by atoms with Crippen LogP contribution in [0.25, 0.3) is 0 Å². The van der Waals surface area contributed by atoms with Crippen LogP contribution in [-0.4, -0.2) is 94.7 Å². The van der Waals surface area contributed by atoms with Crippen molar-refractivity contribution in [3.8, 4) is 0 Å². The van der Waals surface area contributed by atoms with Gasteiger partial charge in [-0.3, -0.25) is 19.2 Å². The molecule has 0 aromatic rings. The fraction of sp³-hybridized carbons (Fsp3) is 0.692. The third kappa shape index (κ3) is 4.56. The van der Waals surface area contributed by atoms with Crippen molar-refractivity contribution < 1.29 is 33.8 Å². The predicted octanol–water partition coefficient (Wildman–Crippen LogP) is 0.544. The van der Waals surface area contributed by atoms with Crippen LogP contribution >= 0.6 is 0 Å². The second-order valence-corrected chi connectivity index (χ2v) is 10.1. The Morgan fingerprint density at radius 2 is 2.00 bits per heavy atom. The lowest BCUT2D eigenvalue weighted by molar-refractivity contribution is -0.158. The Morgan fingerprint density at radius 3 is 2.72 bits per heavy atom. The minimum atomic E-state index is -1.29. The minimum Gasteiger partial charge on any atom is -0.460 e. The molecule has 2 fully saturated rings. The smallest absolute Gasteiger partial charge is 0.313 e. The van der Waals surface area contributed by atoms with Gasteiger partial charge in [-0.2, -0.15) is 0 Å². The molecule has 2 N–H and O–H groups in total. The summed E-state index contributed by atoms with van der Waals surface area (Å²) in [5, 5.41) is 12.5. The van der Waals surface area contributed by atoms with Gasteiger partial charge in [0, 0.05) is 25.6 Å². The van der Waals surface area contributed by atoms with Gasteiger partial charge in [0.1, 0.15) is 23.7 Å². The summed E-state index contributed by atoms with van der Waals surface area (Å²) in [6.45, 7) is 5.81. The maximum Gasteiger partial charge on any atom is 0.313 e. The number of rotatable bonds is 5. The molecule has 10 heteroatoms. The minimum absolute atomic E-state index is 0.0363. The number of β-amino-alcohol motifs (C(OH)–C–C–N with tert-alkyl or cyclic N) is 1. The zero-order valence-corrected chi connectivity index (χ0v) is 21.2. The highest BCUT2D eigenvalue weighted by Crippen LogP contribution is 2.55. The van der Waals surface area contributed by atoms with Gasteiger partial charge in [0.05, 0.1) is 25.2 Å². The number of ether oxygens (including phenoxy) is 2. The molecular formula is C26H37N3O7. The van der Waals surface area contributed by atoms with Crippen LogP contribution in [0.15, 0.2) is 24.3 Å². The highest BCUT2D eigenvalue weighted by atomic mass is 16.6. The van der Waals surface area contributed by atoms with E-state index in [0.29, 0.717) is 13.0 Å². The summed E-state index contributed by atoms with van der Waals surface area (Å²) < 4.78 is 11.9. The molecule has 0 aromatic heterocycles.